The largest absolute Gasteiger partial charge is 0.310 e. The monoisotopic (exact) mass is 316 g/mol. The summed E-state index contributed by atoms with van der Waals surface area (Å²) in [5.74, 6) is 0. The highest BCUT2D eigenvalue weighted by Crippen LogP contribution is 2.31. The van der Waals surface area contributed by atoms with E-state index in [1.54, 1.807) is 0 Å². The predicted molar refractivity (Wildman–Crippen MR) is 89.9 cm³/mol. The lowest BCUT2D eigenvalue weighted by Crippen LogP contribution is -2.28. The fraction of sp³-hybridized carbons (Fsp3) is 0.625. The molecule has 114 valence electrons. The molecule has 2 nitrogen and oxygen atoms in total. The Balaban J connectivity index is 2.75. The van der Waals surface area contributed by atoms with Gasteiger partial charge in [0.2, 0.25) is 0 Å². The molecule has 0 saturated carbocycles. The molecule has 0 amide bonds. The zero-order chi connectivity index (χ0) is 15.0. The normalized spacial score (nSPS) is 12.9. The average molecular weight is 317 g/mol. The Kier molecular flexibility index (Phi) is 8.55. The van der Waals surface area contributed by atoms with Gasteiger partial charge in [-0.05, 0) is 57.6 Å². The summed E-state index contributed by atoms with van der Waals surface area (Å²) in [5.41, 5.74) is 1.11. The van der Waals surface area contributed by atoms with E-state index in [0.717, 1.165) is 38.0 Å². The first-order chi connectivity index (χ1) is 9.60. The molecule has 4 heteroatoms. The highest BCUT2D eigenvalue weighted by Gasteiger charge is 2.16. The van der Waals surface area contributed by atoms with E-state index in [4.69, 9.17) is 23.2 Å². The van der Waals surface area contributed by atoms with Crippen LogP contribution in [0.15, 0.2) is 18.2 Å². The summed E-state index contributed by atoms with van der Waals surface area (Å²) in [4.78, 5) is 2.36. The summed E-state index contributed by atoms with van der Waals surface area (Å²) in [6.07, 6.45) is 3.33. The molecule has 1 aromatic carbocycles. The predicted octanol–water partition coefficient (Wildman–Crippen LogP) is 4.77. The Morgan fingerprint density at radius 1 is 1.15 bits per heavy atom. The van der Waals surface area contributed by atoms with Gasteiger partial charge in [0.15, 0.2) is 0 Å². The minimum atomic E-state index is 0.264. The molecule has 1 unspecified atom stereocenters. The average Bonchev–Trinajstić information content (AvgIpc) is 2.43. The molecule has 1 aromatic rings. The fourth-order valence-corrected chi connectivity index (χ4v) is 2.76. The highest BCUT2D eigenvalue weighted by atomic mass is 35.5. The van der Waals surface area contributed by atoms with Gasteiger partial charge < -0.3 is 10.2 Å². The lowest BCUT2D eigenvalue weighted by atomic mass is 10.0. The van der Waals surface area contributed by atoms with E-state index < -0.39 is 0 Å². The Hall–Kier alpha value is -0.280. The van der Waals surface area contributed by atoms with Crippen molar-refractivity contribution in [3.05, 3.63) is 33.8 Å². The van der Waals surface area contributed by atoms with Crippen LogP contribution in [-0.4, -0.2) is 31.6 Å². The number of rotatable bonds is 9. The maximum atomic E-state index is 6.36. The third-order valence-electron chi connectivity index (χ3n) is 3.40. The number of benzene rings is 1. The van der Waals surface area contributed by atoms with E-state index in [-0.39, 0.29) is 6.04 Å². The summed E-state index contributed by atoms with van der Waals surface area (Å²) in [6, 6.07) is 6.15. The van der Waals surface area contributed by atoms with Gasteiger partial charge in [-0.25, -0.2) is 0 Å². The number of nitrogens with zero attached hydrogens (tertiary/aromatic N) is 1. The second-order valence-electron chi connectivity index (χ2n) is 5.24. The molecule has 0 fully saturated rings. The Morgan fingerprint density at radius 3 is 2.55 bits per heavy atom. The van der Waals surface area contributed by atoms with Gasteiger partial charge in [0.1, 0.15) is 0 Å². The summed E-state index contributed by atoms with van der Waals surface area (Å²) in [7, 11) is 2.17. The molecule has 20 heavy (non-hydrogen) atoms. The van der Waals surface area contributed by atoms with Crippen LogP contribution in [0, 0.1) is 0 Å². The minimum Gasteiger partial charge on any atom is -0.310 e. The van der Waals surface area contributed by atoms with Gasteiger partial charge in [0.05, 0.1) is 10.0 Å². The maximum Gasteiger partial charge on any atom is 0.0640 e. The van der Waals surface area contributed by atoms with E-state index in [0.29, 0.717) is 10.0 Å². The maximum absolute atomic E-state index is 6.36. The highest BCUT2D eigenvalue weighted by molar-refractivity contribution is 6.42. The van der Waals surface area contributed by atoms with Crippen LogP contribution in [0.25, 0.3) is 0 Å². The van der Waals surface area contributed by atoms with Crippen molar-refractivity contribution in [1.29, 1.82) is 0 Å². The first-order valence-corrected chi connectivity index (χ1v) is 8.21. The van der Waals surface area contributed by atoms with E-state index in [1.165, 1.54) is 6.42 Å². The van der Waals surface area contributed by atoms with E-state index in [9.17, 15) is 0 Å². The first kappa shape index (κ1) is 17.8. The molecule has 0 aliphatic rings. The molecule has 1 atom stereocenters. The van der Waals surface area contributed by atoms with Crippen LogP contribution in [0.4, 0.5) is 0 Å². The second kappa shape index (κ2) is 9.62. The lowest BCUT2D eigenvalue weighted by Gasteiger charge is -2.24. The van der Waals surface area contributed by atoms with Crippen molar-refractivity contribution in [1.82, 2.24) is 10.2 Å². The van der Waals surface area contributed by atoms with Crippen LogP contribution >= 0.6 is 23.2 Å². The standard InChI is InChI=1S/C16H26Cl2N2/c1-4-10-19-15(9-12-20(3)11-5-2)13-7-6-8-14(17)16(13)18/h6-8,15,19H,4-5,9-12H2,1-3H3. The SMILES string of the molecule is CCCNC(CCN(C)CCC)c1cccc(Cl)c1Cl. The molecule has 1 rings (SSSR count). The van der Waals surface area contributed by atoms with Crippen LogP contribution in [-0.2, 0) is 0 Å². The lowest BCUT2D eigenvalue weighted by molar-refractivity contribution is 0.308. The first-order valence-electron chi connectivity index (χ1n) is 7.46. The van der Waals surface area contributed by atoms with Gasteiger partial charge in [-0.1, -0.05) is 49.2 Å². The Labute approximate surface area is 133 Å². The molecule has 0 spiro atoms. The molecule has 0 aliphatic carbocycles. The summed E-state index contributed by atoms with van der Waals surface area (Å²) in [5, 5.41) is 4.90. The molecule has 0 bridgehead atoms. The smallest absolute Gasteiger partial charge is 0.0640 e. The van der Waals surface area contributed by atoms with Gasteiger partial charge in [0.25, 0.3) is 0 Å². The molecule has 0 radical (unpaired) electrons. The van der Waals surface area contributed by atoms with Crippen molar-refractivity contribution in [3.63, 3.8) is 0 Å². The van der Waals surface area contributed by atoms with Gasteiger partial charge in [-0.15, -0.1) is 0 Å². The van der Waals surface area contributed by atoms with Gasteiger partial charge in [-0.3, -0.25) is 0 Å². The Morgan fingerprint density at radius 2 is 1.90 bits per heavy atom. The van der Waals surface area contributed by atoms with Crippen LogP contribution < -0.4 is 5.32 Å². The molecule has 0 aromatic heterocycles. The summed E-state index contributed by atoms with van der Waals surface area (Å²) >= 11 is 12.5. The van der Waals surface area contributed by atoms with E-state index >= 15 is 0 Å². The molecule has 0 aliphatic heterocycles. The molecule has 0 saturated heterocycles. The zero-order valence-electron chi connectivity index (χ0n) is 12.8. The van der Waals surface area contributed by atoms with Gasteiger partial charge >= 0.3 is 0 Å². The topological polar surface area (TPSA) is 15.3 Å². The summed E-state index contributed by atoms with van der Waals surface area (Å²) < 4.78 is 0. The minimum absolute atomic E-state index is 0.264. The third-order valence-corrected chi connectivity index (χ3v) is 4.24. The van der Waals surface area contributed by atoms with Crippen LogP contribution in [0.5, 0.6) is 0 Å². The molecular weight excluding hydrogens is 291 g/mol. The fourth-order valence-electron chi connectivity index (χ4n) is 2.32. The van der Waals surface area contributed by atoms with Crippen molar-refractivity contribution < 1.29 is 0 Å². The van der Waals surface area contributed by atoms with Gasteiger partial charge in [-0.2, -0.15) is 0 Å². The number of halogens is 2. The van der Waals surface area contributed by atoms with Crippen LogP contribution in [0.3, 0.4) is 0 Å². The molecule has 0 heterocycles. The molecular formula is C16H26Cl2N2. The Bertz CT molecular complexity index is 396. The van der Waals surface area contributed by atoms with Gasteiger partial charge in [0, 0.05) is 6.04 Å². The zero-order valence-corrected chi connectivity index (χ0v) is 14.3. The molecule has 1 N–H and O–H groups in total. The van der Waals surface area contributed by atoms with Crippen molar-refractivity contribution >= 4 is 23.2 Å². The van der Waals surface area contributed by atoms with Crippen molar-refractivity contribution in [3.8, 4) is 0 Å². The third kappa shape index (κ3) is 5.61. The van der Waals surface area contributed by atoms with Crippen molar-refractivity contribution in [2.75, 3.05) is 26.7 Å². The van der Waals surface area contributed by atoms with E-state index in [1.807, 2.05) is 12.1 Å². The summed E-state index contributed by atoms with van der Waals surface area (Å²) in [6.45, 7) is 7.55. The van der Waals surface area contributed by atoms with Crippen molar-refractivity contribution in [2.45, 2.75) is 39.2 Å². The quantitative estimate of drug-likeness (QED) is 0.706. The number of nitrogens with one attached hydrogen (secondary N) is 1. The van der Waals surface area contributed by atoms with E-state index in [2.05, 4.69) is 37.2 Å². The van der Waals surface area contributed by atoms with Crippen molar-refractivity contribution in [2.24, 2.45) is 0 Å². The van der Waals surface area contributed by atoms with Crippen LogP contribution in [0.2, 0.25) is 10.0 Å². The van der Waals surface area contributed by atoms with Crippen LogP contribution in [0.1, 0.15) is 44.7 Å². The second-order valence-corrected chi connectivity index (χ2v) is 6.03. The number of hydrogen-bond donors (Lipinski definition) is 1. The number of hydrogen-bond acceptors (Lipinski definition) is 2.